The smallest absolute Gasteiger partial charge is 0.144 e. The van der Waals surface area contributed by atoms with Crippen LogP contribution in [0.5, 0.6) is 0 Å². The fraction of sp³-hybridized carbons (Fsp3) is 0.571. The predicted octanol–water partition coefficient (Wildman–Crippen LogP) is 2.75. The summed E-state index contributed by atoms with van der Waals surface area (Å²) in [5.41, 5.74) is 3.17. The number of anilines is 1. The first-order chi connectivity index (χ1) is 8.86. The van der Waals surface area contributed by atoms with Crippen molar-refractivity contribution in [3.8, 4) is 6.07 Å². The molecule has 18 heavy (non-hydrogen) atoms. The zero-order valence-electron chi connectivity index (χ0n) is 10.4. The largest absolute Gasteiger partial charge is 0.368 e. The molecule has 1 aliphatic heterocycles. The van der Waals surface area contributed by atoms with Crippen LogP contribution in [-0.2, 0) is 12.8 Å². The second-order valence-electron chi connectivity index (χ2n) is 4.97. The van der Waals surface area contributed by atoms with E-state index in [0.29, 0.717) is 10.8 Å². The molecule has 0 radical (unpaired) electrons. The van der Waals surface area contributed by atoms with Crippen LogP contribution in [0.1, 0.15) is 36.1 Å². The van der Waals surface area contributed by atoms with Crippen molar-refractivity contribution in [3.63, 3.8) is 0 Å². The van der Waals surface area contributed by atoms with Gasteiger partial charge in [0, 0.05) is 17.5 Å². The lowest BCUT2D eigenvalue weighted by Gasteiger charge is -2.13. The Morgan fingerprint density at radius 1 is 1.44 bits per heavy atom. The van der Waals surface area contributed by atoms with Crippen molar-refractivity contribution in [1.82, 2.24) is 4.98 Å². The summed E-state index contributed by atoms with van der Waals surface area (Å²) >= 11 is 2.03. The topological polar surface area (TPSA) is 48.7 Å². The first-order valence-corrected chi connectivity index (χ1v) is 7.70. The van der Waals surface area contributed by atoms with Crippen molar-refractivity contribution in [2.75, 3.05) is 17.6 Å². The summed E-state index contributed by atoms with van der Waals surface area (Å²) in [7, 11) is 0. The summed E-state index contributed by atoms with van der Waals surface area (Å²) in [6.45, 7) is 0.936. The maximum Gasteiger partial charge on any atom is 0.144 e. The molecule has 1 N–H and O–H groups in total. The van der Waals surface area contributed by atoms with Crippen molar-refractivity contribution < 1.29 is 0 Å². The Kier molecular flexibility index (Phi) is 3.42. The lowest BCUT2D eigenvalue weighted by atomic mass is 10.1. The van der Waals surface area contributed by atoms with Crippen molar-refractivity contribution in [2.45, 2.75) is 37.4 Å². The van der Waals surface area contributed by atoms with Crippen LogP contribution in [0.4, 0.5) is 5.82 Å². The Balaban J connectivity index is 1.76. The van der Waals surface area contributed by atoms with Gasteiger partial charge in [0.15, 0.2) is 0 Å². The zero-order chi connectivity index (χ0) is 12.4. The molecule has 1 aromatic rings. The van der Waals surface area contributed by atoms with Gasteiger partial charge in [-0.3, -0.25) is 0 Å². The lowest BCUT2D eigenvalue weighted by molar-refractivity contribution is 0.802. The van der Waals surface area contributed by atoms with Gasteiger partial charge in [0.1, 0.15) is 11.9 Å². The van der Waals surface area contributed by atoms with Crippen LogP contribution in [0.25, 0.3) is 0 Å². The molecule has 1 aliphatic carbocycles. The van der Waals surface area contributed by atoms with Gasteiger partial charge in [-0.25, -0.2) is 4.98 Å². The maximum absolute atomic E-state index is 9.21. The molecule has 3 rings (SSSR count). The van der Waals surface area contributed by atoms with E-state index in [-0.39, 0.29) is 0 Å². The van der Waals surface area contributed by atoms with Gasteiger partial charge < -0.3 is 5.32 Å². The zero-order valence-corrected chi connectivity index (χ0v) is 11.2. The van der Waals surface area contributed by atoms with Gasteiger partial charge in [-0.1, -0.05) is 0 Å². The molecular formula is C14H17N3S. The number of aryl methyl sites for hydroxylation is 2. The van der Waals surface area contributed by atoms with Crippen LogP contribution in [0.15, 0.2) is 6.07 Å². The lowest BCUT2D eigenvalue weighted by Crippen LogP contribution is -2.15. The summed E-state index contributed by atoms with van der Waals surface area (Å²) in [5, 5.41) is 13.3. The van der Waals surface area contributed by atoms with Gasteiger partial charge in [-0.15, -0.1) is 0 Å². The Morgan fingerprint density at radius 2 is 2.39 bits per heavy atom. The molecule has 0 amide bonds. The van der Waals surface area contributed by atoms with Crippen molar-refractivity contribution in [2.24, 2.45) is 0 Å². The first-order valence-electron chi connectivity index (χ1n) is 6.65. The normalized spacial score (nSPS) is 21.6. The Labute approximate surface area is 112 Å². The van der Waals surface area contributed by atoms with Crippen molar-refractivity contribution >= 4 is 17.6 Å². The number of nitriles is 1. The summed E-state index contributed by atoms with van der Waals surface area (Å²) < 4.78 is 0. The van der Waals surface area contributed by atoms with E-state index in [1.807, 2.05) is 17.8 Å². The summed E-state index contributed by atoms with van der Waals surface area (Å²) in [5.74, 6) is 2.07. The average Bonchev–Trinajstić information content (AvgIpc) is 3.05. The number of pyridine rings is 1. The molecular weight excluding hydrogens is 242 g/mol. The predicted molar refractivity (Wildman–Crippen MR) is 74.9 cm³/mol. The number of hydrogen-bond donors (Lipinski definition) is 1. The van der Waals surface area contributed by atoms with Crippen LogP contribution in [0.2, 0.25) is 0 Å². The molecule has 0 saturated carbocycles. The highest BCUT2D eigenvalue weighted by atomic mass is 32.2. The molecule has 1 aromatic heterocycles. The Hall–Kier alpha value is -1.21. The Morgan fingerprint density at radius 3 is 3.17 bits per heavy atom. The molecule has 1 unspecified atom stereocenters. The second kappa shape index (κ2) is 5.19. The van der Waals surface area contributed by atoms with E-state index in [1.165, 1.54) is 36.3 Å². The minimum Gasteiger partial charge on any atom is -0.368 e. The highest BCUT2D eigenvalue weighted by Gasteiger charge is 2.19. The number of aromatic nitrogens is 1. The summed E-state index contributed by atoms with van der Waals surface area (Å²) in [6.07, 6.45) is 5.92. The summed E-state index contributed by atoms with van der Waals surface area (Å²) in [6, 6.07) is 4.30. The standard InChI is InChI=1S/C14H17N3S/c15-8-11-7-10-3-1-5-13(10)17-14(11)16-9-12-4-2-6-18-12/h7,12H,1-6,9H2,(H,16,17). The van der Waals surface area contributed by atoms with E-state index in [0.717, 1.165) is 25.2 Å². The van der Waals surface area contributed by atoms with Crippen LogP contribution in [-0.4, -0.2) is 22.5 Å². The molecule has 94 valence electrons. The highest BCUT2D eigenvalue weighted by Crippen LogP contribution is 2.28. The quantitative estimate of drug-likeness (QED) is 0.906. The van der Waals surface area contributed by atoms with Crippen LogP contribution in [0, 0.1) is 11.3 Å². The number of nitrogens with one attached hydrogen (secondary N) is 1. The maximum atomic E-state index is 9.21. The minimum atomic E-state index is 0.687. The van der Waals surface area contributed by atoms with E-state index in [4.69, 9.17) is 0 Å². The van der Waals surface area contributed by atoms with E-state index in [2.05, 4.69) is 16.4 Å². The molecule has 3 nitrogen and oxygen atoms in total. The fourth-order valence-corrected chi connectivity index (χ4v) is 3.91. The molecule has 2 heterocycles. The third kappa shape index (κ3) is 2.32. The molecule has 2 aliphatic rings. The van der Waals surface area contributed by atoms with Gasteiger partial charge in [-0.2, -0.15) is 17.0 Å². The molecule has 4 heteroatoms. The van der Waals surface area contributed by atoms with E-state index >= 15 is 0 Å². The van der Waals surface area contributed by atoms with E-state index in [9.17, 15) is 5.26 Å². The molecule has 0 bridgehead atoms. The van der Waals surface area contributed by atoms with Crippen molar-refractivity contribution in [1.29, 1.82) is 5.26 Å². The van der Waals surface area contributed by atoms with Crippen LogP contribution >= 0.6 is 11.8 Å². The van der Waals surface area contributed by atoms with E-state index in [1.54, 1.807) is 0 Å². The Bertz CT molecular complexity index is 487. The second-order valence-corrected chi connectivity index (χ2v) is 6.38. The third-order valence-corrected chi connectivity index (χ3v) is 5.09. The van der Waals surface area contributed by atoms with Crippen LogP contribution in [0.3, 0.4) is 0 Å². The minimum absolute atomic E-state index is 0.687. The number of nitrogens with zero attached hydrogens (tertiary/aromatic N) is 2. The van der Waals surface area contributed by atoms with Gasteiger partial charge in [-0.05, 0) is 49.5 Å². The monoisotopic (exact) mass is 259 g/mol. The molecule has 1 saturated heterocycles. The molecule has 0 aromatic carbocycles. The summed E-state index contributed by atoms with van der Waals surface area (Å²) in [4.78, 5) is 4.64. The molecule has 0 spiro atoms. The first kappa shape index (κ1) is 11.9. The highest BCUT2D eigenvalue weighted by molar-refractivity contribution is 8.00. The third-order valence-electron chi connectivity index (χ3n) is 3.69. The van der Waals surface area contributed by atoms with Gasteiger partial charge >= 0.3 is 0 Å². The van der Waals surface area contributed by atoms with Crippen molar-refractivity contribution in [3.05, 3.63) is 22.9 Å². The van der Waals surface area contributed by atoms with Gasteiger partial charge in [0.05, 0.1) is 5.56 Å². The molecule has 1 atom stereocenters. The molecule has 1 fully saturated rings. The number of thioether (sulfide) groups is 1. The van der Waals surface area contributed by atoms with Crippen LogP contribution < -0.4 is 5.32 Å². The van der Waals surface area contributed by atoms with Gasteiger partial charge in [0.25, 0.3) is 0 Å². The number of hydrogen-bond acceptors (Lipinski definition) is 4. The van der Waals surface area contributed by atoms with Gasteiger partial charge in [0.2, 0.25) is 0 Å². The van der Waals surface area contributed by atoms with E-state index < -0.39 is 0 Å². The number of fused-ring (bicyclic) bond motifs is 1. The number of rotatable bonds is 3. The average molecular weight is 259 g/mol. The SMILES string of the molecule is N#Cc1cc2c(nc1NCC1CCCS1)CCC2. The fourth-order valence-electron chi connectivity index (χ4n) is 2.71.